The van der Waals surface area contributed by atoms with E-state index in [2.05, 4.69) is 20.4 Å². The van der Waals surface area contributed by atoms with Gasteiger partial charge in [0.25, 0.3) is 11.8 Å². The molecule has 0 fully saturated rings. The highest BCUT2D eigenvalue weighted by Crippen LogP contribution is 2.19. The minimum Gasteiger partial charge on any atom is -0.363 e. The standard InChI is InChI=1S/C20H16N6O4/c21-19(28)18(27)14(9-13-12-5-1-2-6-16(12)30-25-13)24-20(29)15-10-22-11-26(15)17-7-3-4-8-23-17/h1-8,10-11,14H,9H2,(H2,21,28)(H,24,29). The van der Waals surface area contributed by atoms with E-state index in [9.17, 15) is 14.4 Å². The van der Waals surface area contributed by atoms with Gasteiger partial charge in [0.2, 0.25) is 5.78 Å². The number of primary amides is 1. The molecule has 4 aromatic rings. The zero-order chi connectivity index (χ0) is 21.1. The summed E-state index contributed by atoms with van der Waals surface area (Å²) in [6, 6.07) is 11.0. The molecule has 1 atom stereocenters. The molecular formula is C20H16N6O4. The summed E-state index contributed by atoms with van der Waals surface area (Å²) >= 11 is 0. The number of carbonyl (C=O) groups is 3. The lowest BCUT2D eigenvalue weighted by Gasteiger charge is -2.15. The number of imidazole rings is 1. The number of carbonyl (C=O) groups excluding carboxylic acids is 3. The van der Waals surface area contributed by atoms with Crippen LogP contribution < -0.4 is 11.1 Å². The summed E-state index contributed by atoms with van der Waals surface area (Å²) in [7, 11) is 0. The van der Waals surface area contributed by atoms with E-state index in [0.717, 1.165) is 0 Å². The number of fused-ring (bicyclic) bond motifs is 1. The normalized spacial score (nSPS) is 11.9. The van der Waals surface area contributed by atoms with Gasteiger partial charge < -0.3 is 15.6 Å². The molecule has 1 aromatic carbocycles. The van der Waals surface area contributed by atoms with Crippen LogP contribution in [-0.2, 0) is 16.0 Å². The first-order chi connectivity index (χ1) is 14.5. The lowest BCUT2D eigenvalue weighted by molar-refractivity contribution is -0.137. The van der Waals surface area contributed by atoms with E-state index in [4.69, 9.17) is 10.3 Å². The van der Waals surface area contributed by atoms with Gasteiger partial charge in [-0.1, -0.05) is 23.4 Å². The van der Waals surface area contributed by atoms with Crippen LogP contribution in [0.2, 0.25) is 0 Å². The number of hydrogen-bond donors (Lipinski definition) is 2. The van der Waals surface area contributed by atoms with Gasteiger partial charge in [0, 0.05) is 18.0 Å². The molecule has 3 heterocycles. The Morgan fingerprint density at radius 1 is 1.13 bits per heavy atom. The van der Waals surface area contributed by atoms with Crippen molar-refractivity contribution in [1.82, 2.24) is 25.0 Å². The minimum atomic E-state index is -1.23. The summed E-state index contributed by atoms with van der Waals surface area (Å²) in [5.74, 6) is -2.25. The first-order valence-corrected chi connectivity index (χ1v) is 8.96. The SMILES string of the molecule is NC(=O)C(=O)C(Cc1noc2ccccc12)NC(=O)c1cncn1-c1ccccn1. The molecule has 2 amide bonds. The summed E-state index contributed by atoms with van der Waals surface area (Å²) in [4.78, 5) is 45.0. The average Bonchev–Trinajstić information content (AvgIpc) is 3.41. The van der Waals surface area contributed by atoms with Crippen molar-refractivity contribution < 1.29 is 18.9 Å². The minimum absolute atomic E-state index is 0.0672. The van der Waals surface area contributed by atoms with Crippen LogP contribution >= 0.6 is 0 Å². The van der Waals surface area contributed by atoms with Gasteiger partial charge in [-0.2, -0.15) is 0 Å². The lowest BCUT2D eigenvalue weighted by Crippen LogP contribution is -2.47. The molecular weight excluding hydrogens is 388 g/mol. The number of ketones is 1. The molecule has 0 saturated carbocycles. The van der Waals surface area contributed by atoms with E-state index < -0.39 is 23.6 Å². The van der Waals surface area contributed by atoms with Crippen molar-refractivity contribution in [2.24, 2.45) is 5.73 Å². The second kappa shape index (κ2) is 7.95. The Morgan fingerprint density at radius 2 is 1.93 bits per heavy atom. The Morgan fingerprint density at radius 3 is 2.70 bits per heavy atom. The molecule has 30 heavy (non-hydrogen) atoms. The Kier molecular flexibility index (Phi) is 5.04. The van der Waals surface area contributed by atoms with Crippen molar-refractivity contribution in [1.29, 1.82) is 0 Å². The predicted molar refractivity (Wildman–Crippen MR) is 105 cm³/mol. The van der Waals surface area contributed by atoms with E-state index in [1.165, 1.54) is 17.1 Å². The molecule has 10 nitrogen and oxygen atoms in total. The molecule has 4 rings (SSSR count). The van der Waals surface area contributed by atoms with Crippen molar-refractivity contribution >= 4 is 28.6 Å². The highest BCUT2D eigenvalue weighted by molar-refractivity contribution is 6.38. The Bertz CT molecular complexity index is 1230. The Labute approximate surface area is 169 Å². The van der Waals surface area contributed by atoms with Gasteiger partial charge in [-0.15, -0.1) is 0 Å². The number of nitrogens with zero attached hydrogens (tertiary/aromatic N) is 4. The molecule has 10 heteroatoms. The number of rotatable bonds is 7. The van der Waals surface area contributed by atoms with Gasteiger partial charge >= 0.3 is 0 Å². The number of amides is 2. The van der Waals surface area contributed by atoms with Gasteiger partial charge in [-0.05, 0) is 24.3 Å². The lowest BCUT2D eigenvalue weighted by atomic mass is 10.0. The van der Waals surface area contributed by atoms with Gasteiger partial charge in [0.15, 0.2) is 5.58 Å². The molecule has 0 aliphatic rings. The predicted octanol–water partition coefficient (Wildman–Crippen LogP) is 0.804. The summed E-state index contributed by atoms with van der Waals surface area (Å²) < 4.78 is 6.70. The maximum atomic E-state index is 12.9. The molecule has 1 unspecified atom stereocenters. The van der Waals surface area contributed by atoms with Crippen molar-refractivity contribution in [3.05, 3.63) is 72.6 Å². The molecule has 0 radical (unpaired) electrons. The summed E-state index contributed by atoms with van der Waals surface area (Å²) in [5, 5.41) is 7.18. The van der Waals surface area contributed by atoms with E-state index in [1.807, 2.05) is 0 Å². The van der Waals surface area contributed by atoms with Crippen LogP contribution in [0.1, 0.15) is 16.2 Å². The summed E-state index contributed by atoms with van der Waals surface area (Å²) in [5.41, 5.74) is 6.27. The summed E-state index contributed by atoms with van der Waals surface area (Å²) in [6.45, 7) is 0. The number of Topliss-reactive ketones (excluding diaryl/α,β-unsaturated/α-hetero) is 1. The first-order valence-electron chi connectivity index (χ1n) is 8.96. The quantitative estimate of drug-likeness (QED) is 0.433. The number of nitrogens with two attached hydrogens (primary N) is 1. The van der Waals surface area contributed by atoms with E-state index >= 15 is 0 Å². The number of nitrogens with one attached hydrogen (secondary N) is 1. The number of aromatic nitrogens is 4. The number of para-hydroxylation sites is 1. The van der Waals surface area contributed by atoms with Crippen molar-refractivity contribution in [3.8, 4) is 5.82 Å². The monoisotopic (exact) mass is 404 g/mol. The first kappa shape index (κ1) is 19.0. The van der Waals surface area contributed by atoms with Crippen LogP contribution in [0.4, 0.5) is 0 Å². The molecule has 0 spiro atoms. The molecule has 0 aliphatic heterocycles. The second-order valence-electron chi connectivity index (χ2n) is 6.42. The maximum absolute atomic E-state index is 12.9. The van der Waals surface area contributed by atoms with E-state index in [1.54, 1.807) is 48.7 Å². The van der Waals surface area contributed by atoms with Crippen molar-refractivity contribution in [2.75, 3.05) is 0 Å². The van der Waals surface area contributed by atoms with Crippen LogP contribution in [0.3, 0.4) is 0 Å². The van der Waals surface area contributed by atoms with Crippen LogP contribution in [0.25, 0.3) is 16.8 Å². The van der Waals surface area contributed by atoms with Crippen molar-refractivity contribution in [2.45, 2.75) is 12.5 Å². The number of hydrogen-bond acceptors (Lipinski definition) is 7. The zero-order valence-corrected chi connectivity index (χ0v) is 15.6. The molecule has 0 aliphatic carbocycles. The summed E-state index contributed by atoms with van der Waals surface area (Å²) in [6.07, 6.45) is 4.27. The van der Waals surface area contributed by atoms with Crippen LogP contribution in [-0.4, -0.2) is 43.3 Å². The third-order valence-electron chi connectivity index (χ3n) is 4.48. The fraction of sp³-hybridized carbons (Fsp3) is 0.100. The van der Waals surface area contributed by atoms with Gasteiger partial charge in [0.05, 0.1) is 11.9 Å². The third-order valence-corrected chi connectivity index (χ3v) is 4.48. The fourth-order valence-corrected chi connectivity index (χ4v) is 3.03. The molecule has 0 saturated heterocycles. The fourth-order valence-electron chi connectivity index (χ4n) is 3.03. The zero-order valence-electron chi connectivity index (χ0n) is 15.6. The van der Waals surface area contributed by atoms with Crippen molar-refractivity contribution in [3.63, 3.8) is 0 Å². The molecule has 3 aromatic heterocycles. The van der Waals surface area contributed by atoms with Crippen LogP contribution in [0, 0.1) is 0 Å². The highest BCUT2D eigenvalue weighted by atomic mass is 16.5. The van der Waals surface area contributed by atoms with Gasteiger partial charge in [-0.3, -0.25) is 19.0 Å². The number of benzene rings is 1. The average molecular weight is 404 g/mol. The van der Waals surface area contributed by atoms with Crippen LogP contribution in [0.5, 0.6) is 0 Å². The van der Waals surface area contributed by atoms with Gasteiger partial charge in [-0.25, -0.2) is 9.97 Å². The van der Waals surface area contributed by atoms with E-state index in [-0.39, 0.29) is 12.1 Å². The topological polar surface area (TPSA) is 146 Å². The van der Waals surface area contributed by atoms with Crippen LogP contribution in [0.15, 0.2) is 65.7 Å². The van der Waals surface area contributed by atoms with Gasteiger partial charge in [0.1, 0.15) is 23.9 Å². The number of pyridine rings is 1. The molecule has 0 bridgehead atoms. The Balaban J connectivity index is 1.62. The maximum Gasteiger partial charge on any atom is 0.287 e. The highest BCUT2D eigenvalue weighted by Gasteiger charge is 2.29. The van der Waals surface area contributed by atoms with E-state index in [0.29, 0.717) is 22.5 Å². The third kappa shape index (κ3) is 3.65. The smallest absolute Gasteiger partial charge is 0.287 e. The second-order valence-corrected chi connectivity index (χ2v) is 6.42. The molecule has 3 N–H and O–H groups in total. The Hall–Kier alpha value is -4.34. The largest absolute Gasteiger partial charge is 0.363 e. The molecule has 150 valence electrons.